The van der Waals surface area contributed by atoms with E-state index in [4.69, 9.17) is 15.4 Å². The van der Waals surface area contributed by atoms with Gasteiger partial charge in [0.25, 0.3) is 0 Å². The number of para-hydroxylation sites is 1. The minimum atomic E-state index is -2.20. The smallest absolute Gasteiger partial charge is 0.307 e. The Morgan fingerprint density at radius 1 is 1.23 bits per heavy atom. The fourth-order valence-electron chi connectivity index (χ4n) is 0.806. The summed E-state index contributed by atoms with van der Waals surface area (Å²) >= 11 is 0. The number of carbonyl (C=O) groups excluding carboxylic acids is 1. The van der Waals surface area contributed by atoms with Gasteiger partial charge in [0.1, 0.15) is 0 Å². The summed E-state index contributed by atoms with van der Waals surface area (Å²) in [6, 6.07) is 7.84. The van der Waals surface area contributed by atoms with Crippen LogP contribution in [0.1, 0.15) is 0 Å². The molecule has 0 aromatic heterocycles. The molecular formula is C8H9NO4. The van der Waals surface area contributed by atoms with E-state index in [0.29, 0.717) is 0 Å². The zero-order chi connectivity index (χ0) is 9.84. The number of nitrogens with zero attached hydrogens (tertiary/aromatic N) is 1. The number of carbonyl (C=O) groups is 1. The van der Waals surface area contributed by atoms with Crippen LogP contribution in [0.3, 0.4) is 0 Å². The van der Waals surface area contributed by atoms with Crippen molar-refractivity contribution >= 4 is 11.6 Å². The molecule has 70 valence electrons. The molecule has 1 aromatic carbocycles. The SMILES string of the molecule is O=C(C(O)O)N(O)c1ccccc1. The van der Waals surface area contributed by atoms with Gasteiger partial charge >= 0.3 is 5.91 Å². The van der Waals surface area contributed by atoms with Gasteiger partial charge in [0.05, 0.1) is 5.69 Å². The Morgan fingerprint density at radius 3 is 2.23 bits per heavy atom. The molecule has 0 spiro atoms. The highest BCUT2D eigenvalue weighted by Gasteiger charge is 2.19. The van der Waals surface area contributed by atoms with Crippen LogP contribution in [0.4, 0.5) is 5.69 Å². The van der Waals surface area contributed by atoms with Crippen LogP contribution in [0.2, 0.25) is 0 Å². The van der Waals surface area contributed by atoms with Crippen molar-refractivity contribution in [1.82, 2.24) is 0 Å². The summed E-state index contributed by atoms with van der Waals surface area (Å²) < 4.78 is 0. The third-order valence-electron chi connectivity index (χ3n) is 1.43. The predicted octanol–water partition coefficient (Wildman–Crippen LogP) is -0.281. The van der Waals surface area contributed by atoms with E-state index in [1.54, 1.807) is 18.2 Å². The number of benzene rings is 1. The van der Waals surface area contributed by atoms with Gasteiger partial charge in [-0.15, -0.1) is 0 Å². The van der Waals surface area contributed by atoms with Crippen molar-refractivity contribution in [2.75, 3.05) is 5.06 Å². The van der Waals surface area contributed by atoms with E-state index in [1.807, 2.05) is 0 Å². The molecule has 5 nitrogen and oxygen atoms in total. The molecule has 0 aliphatic rings. The molecule has 3 N–H and O–H groups in total. The first-order valence-corrected chi connectivity index (χ1v) is 3.57. The molecule has 0 saturated carbocycles. The van der Waals surface area contributed by atoms with Gasteiger partial charge in [0, 0.05) is 0 Å². The third-order valence-corrected chi connectivity index (χ3v) is 1.43. The summed E-state index contributed by atoms with van der Waals surface area (Å²) in [6.07, 6.45) is -2.20. The number of anilines is 1. The van der Waals surface area contributed by atoms with E-state index in [1.165, 1.54) is 12.1 Å². The quantitative estimate of drug-likeness (QED) is 0.334. The van der Waals surface area contributed by atoms with E-state index >= 15 is 0 Å². The second-order valence-corrected chi connectivity index (χ2v) is 2.36. The maximum atomic E-state index is 10.8. The Labute approximate surface area is 74.4 Å². The Bertz CT molecular complexity index is 285. The number of aliphatic hydroxyl groups is 2. The van der Waals surface area contributed by atoms with Crippen molar-refractivity contribution in [2.24, 2.45) is 0 Å². The number of amides is 1. The van der Waals surface area contributed by atoms with Crippen LogP contribution >= 0.6 is 0 Å². The number of hydrogen-bond acceptors (Lipinski definition) is 4. The highest BCUT2D eigenvalue weighted by molar-refractivity contribution is 5.92. The molecule has 1 rings (SSSR count). The number of hydroxylamine groups is 1. The fraction of sp³-hybridized carbons (Fsp3) is 0.125. The lowest BCUT2D eigenvalue weighted by Gasteiger charge is -2.15. The molecule has 0 unspecified atom stereocenters. The van der Waals surface area contributed by atoms with E-state index in [2.05, 4.69) is 0 Å². The lowest BCUT2D eigenvalue weighted by Crippen LogP contribution is -2.36. The number of aliphatic hydroxyl groups excluding tert-OH is 1. The van der Waals surface area contributed by atoms with Gasteiger partial charge in [0.2, 0.25) is 6.29 Å². The molecule has 1 amide bonds. The maximum absolute atomic E-state index is 10.8. The molecule has 0 saturated heterocycles. The molecule has 0 fully saturated rings. The molecule has 0 aliphatic heterocycles. The first kappa shape index (κ1) is 9.66. The number of hydrogen-bond donors (Lipinski definition) is 3. The van der Waals surface area contributed by atoms with Crippen LogP contribution in [0, 0.1) is 0 Å². The van der Waals surface area contributed by atoms with Gasteiger partial charge in [-0.05, 0) is 12.1 Å². The van der Waals surface area contributed by atoms with Gasteiger partial charge in [-0.3, -0.25) is 10.0 Å². The Hall–Kier alpha value is -1.43. The molecule has 0 bridgehead atoms. The maximum Gasteiger partial charge on any atom is 0.307 e. The highest BCUT2D eigenvalue weighted by Crippen LogP contribution is 2.11. The van der Waals surface area contributed by atoms with Gasteiger partial charge in [-0.1, -0.05) is 18.2 Å². The largest absolute Gasteiger partial charge is 0.361 e. The molecule has 0 heterocycles. The average Bonchev–Trinajstić information content (AvgIpc) is 2.17. The minimum Gasteiger partial charge on any atom is -0.361 e. The summed E-state index contributed by atoms with van der Waals surface area (Å²) in [7, 11) is 0. The average molecular weight is 183 g/mol. The zero-order valence-electron chi connectivity index (χ0n) is 6.66. The standard InChI is InChI=1S/C8H9NO4/c10-7(8(11)12)9(13)6-4-2-1-3-5-6/h1-5,8,11-13H. The first-order valence-electron chi connectivity index (χ1n) is 3.57. The van der Waals surface area contributed by atoms with Crippen molar-refractivity contribution in [1.29, 1.82) is 0 Å². The van der Waals surface area contributed by atoms with E-state index < -0.39 is 12.2 Å². The monoisotopic (exact) mass is 183 g/mol. The Balaban J connectivity index is 2.80. The van der Waals surface area contributed by atoms with Crippen LogP contribution < -0.4 is 5.06 Å². The fourth-order valence-corrected chi connectivity index (χ4v) is 0.806. The van der Waals surface area contributed by atoms with E-state index in [0.717, 1.165) is 0 Å². The van der Waals surface area contributed by atoms with Crippen molar-refractivity contribution in [3.05, 3.63) is 30.3 Å². The lowest BCUT2D eigenvalue weighted by atomic mass is 10.3. The lowest BCUT2D eigenvalue weighted by molar-refractivity contribution is -0.149. The van der Waals surface area contributed by atoms with Crippen LogP contribution in [-0.4, -0.2) is 27.6 Å². The summed E-state index contributed by atoms with van der Waals surface area (Å²) in [5.74, 6) is -1.19. The summed E-state index contributed by atoms with van der Waals surface area (Å²) in [6.45, 7) is 0. The molecule has 5 heteroatoms. The normalized spacial score (nSPS) is 10.2. The van der Waals surface area contributed by atoms with Crippen LogP contribution in [0.5, 0.6) is 0 Å². The van der Waals surface area contributed by atoms with Crippen molar-refractivity contribution in [3.63, 3.8) is 0 Å². The van der Waals surface area contributed by atoms with Crippen molar-refractivity contribution < 1.29 is 20.2 Å². The Morgan fingerprint density at radius 2 is 1.77 bits per heavy atom. The molecule has 13 heavy (non-hydrogen) atoms. The summed E-state index contributed by atoms with van der Waals surface area (Å²) in [5, 5.41) is 26.2. The van der Waals surface area contributed by atoms with E-state index in [-0.39, 0.29) is 10.8 Å². The van der Waals surface area contributed by atoms with Gasteiger partial charge in [0.15, 0.2) is 0 Å². The zero-order valence-corrected chi connectivity index (χ0v) is 6.66. The second-order valence-electron chi connectivity index (χ2n) is 2.36. The van der Waals surface area contributed by atoms with Gasteiger partial charge < -0.3 is 10.2 Å². The van der Waals surface area contributed by atoms with Gasteiger partial charge in [-0.25, -0.2) is 0 Å². The van der Waals surface area contributed by atoms with Crippen molar-refractivity contribution in [3.8, 4) is 0 Å². The van der Waals surface area contributed by atoms with Crippen molar-refractivity contribution in [2.45, 2.75) is 6.29 Å². The van der Waals surface area contributed by atoms with E-state index in [9.17, 15) is 4.79 Å². The second kappa shape index (κ2) is 3.99. The minimum absolute atomic E-state index is 0.181. The Kier molecular flexibility index (Phi) is 2.97. The summed E-state index contributed by atoms with van der Waals surface area (Å²) in [5.41, 5.74) is 0.181. The topological polar surface area (TPSA) is 81.0 Å². The first-order chi connectivity index (χ1) is 6.13. The third kappa shape index (κ3) is 2.25. The number of rotatable bonds is 2. The van der Waals surface area contributed by atoms with Crippen LogP contribution in [-0.2, 0) is 4.79 Å². The van der Waals surface area contributed by atoms with Crippen LogP contribution in [0.15, 0.2) is 30.3 Å². The molecule has 0 aliphatic carbocycles. The predicted molar refractivity (Wildman–Crippen MR) is 43.9 cm³/mol. The van der Waals surface area contributed by atoms with Crippen LogP contribution in [0.25, 0.3) is 0 Å². The summed E-state index contributed by atoms with van der Waals surface area (Å²) in [4.78, 5) is 10.8. The molecular weight excluding hydrogens is 174 g/mol. The highest BCUT2D eigenvalue weighted by atomic mass is 16.5. The molecule has 0 atom stereocenters. The molecule has 0 radical (unpaired) electrons. The molecule has 1 aromatic rings. The van der Waals surface area contributed by atoms with Gasteiger partial charge in [-0.2, -0.15) is 5.06 Å².